The minimum atomic E-state index is -1.53. The molecule has 2 atom stereocenters. The number of ether oxygens (including phenoxy) is 3. The van der Waals surface area contributed by atoms with E-state index in [9.17, 15) is 44.1 Å². The smallest absolute Gasteiger partial charge is 0.338 e. The Kier molecular flexibility index (Phi) is 13.9. The molecule has 5 N–H and O–H groups in total. The first kappa shape index (κ1) is 39.0. The molecule has 1 aliphatic rings. The molecule has 0 spiro atoms. The first-order valence-electron chi connectivity index (χ1n) is 17.1. The van der Waals surface area contributed by atoms with Crippen molar-refractivity contribution in [3.05, 3.63) is 82.4 Å². The van der Waals surface area contributed by atoms with Gasteiger partial charge < -0.3 is 40.2 Å². The molecule has 52 heavy (non-hydrogen) atoms. The van der Waals surface area contributed by atoms with E-state index in [1.54, 1.807) is 0 Å². The Balaban J connectivity index is 1.67. The molecule has 0 aromatic heterocycles. The number of benzene rings is 3. The van der Waals surface area contributed by atoms with Crippen molar-refractivity contribution in [1.82, 2.24) is 10.6 Å². The largest absolute Gasteiger partial charge is 0.508 e. The summed E-state index contributed by atoms with van der Waals surface area (Å²) in [6, 6.07) is 10.5. The Morgan fingerprint density at radius 3 is 2.02 bits per heavy atom. The quantitative estimate of drug-likeness (QED) is 0.0543. The highest BCUT2D eigenvalue weighted by molar-refractivity contribution is 6.19. The summed E-state index contributed by atoms with van der Waals surface area (Å²) < 4.78 is 16.6. The number of carbonyl (C=O) groups excluding carboxylic acids is 5. The van der Waals surface area contributed by atoms with Crippen LogP contribution < -0.4 is 20.1 Å². The minimum Gasteiger partial charge on any atom is -0.508 e. The highest BCUT2D eigenvalue weighted by Gasteiger charge is 2.34. The number of carbonyl (C=O) groups is 6. The maximum absolute atomic E-state index is 14.2. The SMILES string of the molecule is CCCCCC(=O)Oc1cc(C(=O)OC2CNCC2NC(=O)c2ccc(O)cc2)cc(O)c1C(=O)c1c(OC(=O)CCCCC)cccc1C(=O)O. The molecular formula is C38H42N2O12. The van der Waals surface area contributed by atoms with E-state index in [4.69, 9.17) is 14.2 Å². The van der Waals surface area contributed by atoms with Crippen LogP contribution in [-0.4, -0.2) is 76.1 Å². The van der Waals surface area contributed by atoms with Gasteiger partial charge in [-0.15, -0.1) is 0 Å². The maximum Gasteiger partial charge on any atom is 0.338 e. The summed E-state index contributed by atoms with van der Waals surface area (Å²) in [5, 5.41) is 36.5. The van der Waals surface area contributed by atoms with Crippen LogP contribution in [0.4, 0.5) is 0 Å². The van der Waals surface area contributed by atoms with Crippen LogP contribution in [0.5, 0.6) is 23.0 Å². The number of aromatic hydroxyl groups is 2. The number of esters is 3. The molecule has 1 aliphatic heterocycles. The summed E-state index contributed by atoms with van der Waals surface area (Å²) in [5.74, 6) is -7.36. The molecule has 0 radical (unpaired) electrons. The standard InChI is InChI=1S/C38H42N2O12/c1-3-5-7-12-31(43)50-28-11-9-10-25(37(47)48)33(28)35(45)34-27(42)18-23(19-29(34)51-32(44)13-8-6-4-2)38(49)52-30-21-39-20-26(30)40-36(46)22-14-16-24(41)17-15-22/h9-11,14-19,26,30,39,41-42H,3-8,12-13,20-21H2,1-2H3,(H,40,46)(H,47,48). The van der Waals surface area contributed by atoms with Crippen LogP contribution in [0, 0.1) is 0 Å². The number of amides is 1. The number of aromatic carboxylic acids is 1. The first-order valence-corrected chi connectivity index (χ1v) is 17.1. The van der Waals surface area contributed by atoms with E-state index in [-0.39, 0.29) is 48.6 Å². The maximum atomic E-state index is 14.2. The van der Waals surface area contributed by atoms with Gasteiger partial charge in [-0.05, 0) is 61.4 Å². The van der Waals surface area contributed by atoms with Crippen LogP contribution in [-0.2, 0) is 14.3 Å². The number of hydrogen-bond acceptors (Lipinski definition) is 12. The Bertz CT molecular complexity index is 1800. The zero-order chi connectivity index (χ0) is 37.8. The molecule has 0 saturated carbocycles. The minimum absolute atomic E-state index is 0.0132. The van der Waals surface area contributed by atoms with E-state index in [0.717, 1.165) is 37.5 Å². The third-order valence-electron chi connectivity index (χ3n) is 8.31. The number of rotatable bonds is 17. The van der Waals surface area contributed by atoms with Gasteiger partial charge in [0.25, 0.3) is 5.91 Å². The average Bonchev–Trinajstić information content (AvgIpc) is 3.53. The van der Waals surface area contributed by atoms with Crippen molar-refractivity contribution in [3.63, 3.8) is 0 Å². The lowest BCUT2D eigenvalue weighted by atomic mass is 9.95. The van der Waals surface area contributed by atoms with E-state index in [1.165, 1.54) is 36.4 Å². The van der Waals surface area contributed by atoms with Gasteiger partial charge in [-0.2, -0.15) is 0 Å². The van der Waals surface area contributed by atoms with Crippen molar-refractivity contribution in [2.75, 3.05) is 13.1 Å². The predicted octanol–water partition coefficient (Wildman–Crippen LogP) is 4.93. The fraction of sp³-hybridized carbons (Fsp3) is 0.368. The molecule has 1 heterocycles. The van der Waals surface area contributed by atoms with Crippen molar-refractivity contribution in [3.8, 4) is 23.0 Å². The molecule has 14 heteroatoms. The third kappa shape index (κ3) is 10.2. The number of phenols is 2. The summed E-state index contributed by atoms with van der Waals surface area (Å²) in [7, 11) is 0. The lowest BCUT2D eigenvalue weighted by Crippen LogP contribution is -2.44. The second kappa shape index (κ2) is 18.5. The van der Waals surface area contributed by atoms with Gasteiger partial charge in [0.05, 0.1) is 22.7 Å². The second-order valence-electron chi connectivity index (χ2n) is 12.3. The van der Waals surface area contributed by atoms with Gasteiger partial charge >= 0.3 is 23.9 Å². The molecule has 276 valence electrons. The summed E-state index contributed by atoms with van der Waals surface area (Å²) >= 11 is 0. The molecule has 0 bridgehead atoms. The topological polar surface area (TPSA) is 215 Å². The van der Waals surface area contributed by atoms with Crippen molar-refractivity contribution in [2.24, 2.45) is 0 Å². The van der Waals surface area contributed by atoms with Crippen molar-refractivity contribution in [1.29, 1.82) is 0 Å². The van der Waals surface area contributed by atoms with E-state index in [0.29, 0.717) is 19.3 Å². The van der Waals surface area contributed by atoms with Gasteiger partial charge in [-0.3, -0.25) is 19.2 Å². The molecule has 0 aliphatic carbocycles. The number of hydrogen-bond donors (Lipinski definition) is 5. The van der Waals surface area contributed by atoms with Crippen LogP contribution in [0.25, 0.3) is 0 Å². The monoisotopic (exact) mass is 718 g/mol. The number of phenolic OH excluding ortho intramolecular Hbond substituents is 2. The van der Waals surface area contributed by atoms with E-state index < -0.39 is 75.9 Å². The third-order valence-corrected chi connectivity index (χ3v) is 8.31. The fourth-order valence-electron chi connectivity index (χ4n) is 5.56. The summed E-state index contributed by atoms with van der Waals surface area (Å²) in [6.45, 7) is 4.32. The Hall–Kier alpha value is -5.76. The molecule has 3 aromatic carbocycles. The van der Waals surface area contributed by atoms with Gasteiger partial charge in [-0.25, -0.2) is 9.59 Å². The molecular weight excluding hydrogens is 676 g/mol. The fourth-order valence-corrected chi connectivity index (χ4v) is 5.56. The lowest BCUT2D eigenvalue weighted by Gasteiger charge is -2.21. The zero-order valence-corrected chi connectivity index (χ0v) is 28.9. The number of unbranched alkanes of at least 4 members (excludes halogenated alkanes) is 4. The van der Waals surface area contributed by atoms with E-state index in [2.05, 4.69) is 10.6 Å². The van der Waals surface area contributed by atoms with Gasteiger partial charge in [0.2, 0.25) is 5.78 Å². The Morgan fingerprint density at radius 2 is 1.40 bits per heavy atom. The van der Waals surface area contributed by atoms with Gasteiger partial charge in [-0.1, -0.05) is 45.6 Å². The number of carboxylic acids is 1. The average molecular weight is 719 g/mol. The Labute approximate surface area is 300 Å². The molecule has 1 fully saturated rings. The molecule has 4 rings (SSSR count). The molecule has 14 nitrogen and oxygen atoms in total. The molecule has 3 aromatic rings. The van der Waals surface area contributed by atoms with Gasteiger partial charge in [0, 0.05) is 31.5 Å². The van der Waals surface area contributed by atoms with Gasteiger partial charge in [0.15, 0.2) is 0 Å². The summed E-state index contributed by atoms with van der Waals surface area (Å²) in [5.41, 5.74) is -1.80. The molecule has 1 amide bonds. The number of ketones is 1. The van der Waals surface area contributed by atoms with Crippen molar-refractivity contribution < 1.29 is 58.3 Å². The Morgan fingerprint density at radius 1 is 0.769 bits per heavy atom. The van der Waals surface area contributed by atoms with E-state index in [1.807, 2.05) is 13.8 Å². The van der Waals surface area contributed by atoms with Crippen LogP contribution in [0.2, 0.25) is 0 Å². The highest BCUT2D eigenvalue weighted by atomic mass is 16.6. The lowest BCUT2D eigenvalue weighted by molar-refractivity contribution is -0.135. The highest BCUT2D eigenvalue weighted by Crippen LogP contribution is 2.36. The van der Waals surface area contributed by atoms with E-state index >= 15 is 0 Å². The van der Waals surface area contributed by atoms with Gasteiger partial charge in [0.1, 0.15) is 34.7 Å². The van der Waals surface area contributed by atoms with Crippen LogP contribution in [0.1, 0.15) is 112 Å². The number of nitrogens with one attached hydrogen (secondary N) is 2. The molecule has 2 unspecified atom stereocenters. The number of carboxylic acid groups (broad SMARTS) is 1. The first-order chi connectivity index (χ1) is 24.9. The molecule has 1 saturated heterocycles. The summed E-state index contributed by atoms with van der Waals surface area (Å²) in [6.07, 6.45) is 3.15. The zero-order valence-electron chi connectivity index (χ0n) is 28.9. The van der Waals surface area contributed by atoms with Crippen molar-refractivity contribution in [2.45, 2.75) is 77.4 Å². The van der Waals surface area contributed by atoms with Crippen LogP contribution in [0.15, 0.2) is 54.6 Å². The van der Waals surface area contributed by atoms with Crippen molar-refractivity contribution >= 4 is 35.6 Å². The summed E-state index contributed by atoms with van der Waals surface area (Å²) in [4.78, 5) is 78.2. The second-order valence-corrected chi connectivity index (χ2v) is 12.3. The van der Waals surface area contributed by atoms with Crippen LogP contribution in [0.3, 0.4) is 0 Å². The predicted molar refractivity (Wildman–Crippen MR) is 186 cm³/mol. The normalized spacial score (nSPS) is 15.0. The van der Waals surface area contributed by atoms with Crippen LogP contribution >= 0.6 is 0 Å².